The molecule has 0 aromatic heterocycles. The van der Waals surface area contributed by atoms with E-state index in [1.165, 1.54) is 5.57 Å². The van der Waals surface area contributed by atoms with Crippen molar-refractivity contribution in [3.05, 3.63) is 23.9 Å². The Morgan fingerprint density at radius 1 is 1.42 bits per heavy atom. The van der Waals surface area contributed by atoms with E-state index in [0.29, 0.717) is 5.92 Å². The molecule has 1 aliphatic heterocycles. The van der Waals surface area contributed by atoms with Crippen LogP contribution in [0.15, 0.2) is 28.9 Å². The van der Waals surface area contributed by atoms with Crippen molar-refractivity contribution in [2.24, 2.45) is 16.3 Å². The molecule has 0 aromatic rings. The average molecular weight is 163 g/mol. The Hall–Kier alpha value is -0.850. The van der Waals surface area contributed by atoms with Gasteiger partial charge in [-0.05, 0) is 18.9 Å². The summed E-state index contributed by atoms with van der Waals surface area (Å²) in [6.45, 7) is 8.78. The van der Waals surface area contributed by atoms with Gasteiger partial charge in [0.15, 0.2) is 0 Å². The van der Waals surface area contributed by atoms with Crippen LogP contribution in [0.2, 0.25) is 0 Å². The molecule has 1 atom stereocenters. The second-order valence-corrected chi connectivity index (χ2v) is 4.00. The zero-order chi connectivity index (χ0) is 9.19. The number of allylic oxidation sites excluding steroid dienone is 3. The molecule has 1 heteroatoms. The SMILES string of the molecule is CC1=CC(C)(C(C)C)C=NC=C1. The second kappa shape index (κ2) is 3.26. The number of hydrogen-bond acceptors (Lipinski definition) is 1. The normalized spacial score (nSPS) is 28.9. The maximum Gasteiger partial charge on any atom is 0.0266 e. The number of hydrogen-bond donors (Lipinski definition) is 0. The Balaban J connectivity index is 2.99. The smallest absolute Gasteiger partial charge is 0.0266 e. The van der Waals surface area contributed by atoms with Crippen LogP contribution in [0.4, 0.5) is 0 Å². The van der Waals surface area contributed by atoms with Crippen LogP contribution in [0.3, 0.4) is 0 Å². The van der Waals surface area contributed by atoms with Gasteiger partial charge < -0.3 is 0 Å². The topological polar surface area (TPSA) is 12.4 Å². The molecule has 1 aliphatic rings. The van der Waals surface area contributed by atoms with Gasteiger partial charge in [-0.1, -0.05) is 32.4 Å². The van der Waals surface area contributed by atoms with Crippen LogP contribution in [-0.4, -0.2) is 6.21 Å². The highest BCUT2D eigenvalue weighted by Crippen LogP contribution is 2.29. The highest BCUT2D eigenvalue weighted by atomic mass is 14.7. The molecule has 0 aromatic carbocycles. The molecule has 0 radical (unpaired) electrons. The molecule has 0 saturated carbocycles. The van der Waals surface area contributed by atoms with Gasteiger partial charge in [0.25, 0.3) is 0 Å². The first-order valence-corrected chi connectivity index (χ1v) is 4.45. The fourth-order valence-electron chi connectivity index (χ4n) is 1.26. The number of aliphatic imine (C=N–C) groups is 1. The fraction of sp³-hybridized carbons (Fsp3) is 0.545. The Morgan fingerprint density at radius 3 is 2.67 bits per heavy atom. The van der Waals surface area contributed by atoms with Gasteiger partial charge in [0.2, 0.25) is 0 Å². The lowest BCUT2D eigenvalue weighted by Gasteiger charge is -2.25. The molecule has 1 nitrogen and oxygen atoms in total. The van der Waals surface area contributed by atoms with Crippen LogP contribution in [0.25, 0.3) is 0 Å². The first kappa shape index (κ1) is 9.24. The minimum Gasteiger partial charge on any atom is -0.268 e. The predicted octanol–water partition coefficient (Wildman–Crippen LogP) is 3.19. The highest BCUT2D eigenvalue weighted by molar-refractivity contribution is 5.70. The zero-order valence-electron chi connectivity index (χ0n) is 8.33. The van der Waals surface area contributed by atoms with E-state index in [1.54, 1.807) is 0 Å². The van der Waals surface area contributed by atoms with E-state index in [1.807, 2.05) is 18.5 Å². The van der Waals surface area contributed by atoms with Crippen molar-refractivity contribution in [1.82, 2.24) is 0 Å². The van der Waals surface area contributed by atoms with Gasteiger partial charge in [-0.25, -0.2) is 0 Å². The summed E-state index contributed by atoms with van der Waals surface area (Å²) in [5.41, 5.74) is 1.41. The summed E-state index contributed by atoms with van der Waals surface area (Å²) < 4.78 is 0. The minimum absolute atomic E-state index is 0.119. The van der Waals surface area contributed by atoms with Gasteiger partial charge in [-0.15, -0.1) is 0 Å². The van der Waals surface area contributed by atoms with Gasteiger partial charge in [-0.3, -0.25) is 4.99 Å². The standard InChI is InChI=1S/C11H17N/c1-9(2)11(4)7-10(3)5-6-12-8-11/h5-9H,1-4H3. The van der Waals surface area contributed by atoms with Crippen LogP contribution in [0.1, 0.15) is 27.7 Å². The molecular weight excluding hydrogens is 146 g/mol. The highest BCUT2D eigenvalue weighted by Gasteiger charge is 2.23. The molecule has 0 spiro atoms. The van der Waals surface area contributed by atoms with E-state index in [0.717, 1.165) is 0 Å². The first-order chi connectivity index (χ1) is 5.54. The average Bonchev–Trinajstić information content (AvgIpc) is 2.12. The van der Waals surface area contributed by atoms with E-state index in [-0.39, 0.29) is 5.41 Å². The summed E-state index contributed by atoms with van der Waals surface area (Å²) in [6.07, 6.45) is 8.22. The van der Waals surface area contributed by atoms with Crippen LogP contribution < -0.4 is 0 Å². The molecule has 0 bridgehead atoms. The Bertz CT molecular complexity index is 246. The Labute approximate surface area is 74.9 Å². The lowest BCUT2D eigenvalue weighted by molar-refractivity contribution is 0.422. The lowest BCUT2D eigenvalue weighted by atomic mass is 9.79. The van der Waals surface area contributed by atoms with Crippen molar-refractivity contribution in [2.75, 3.05) is 0 Å². The van der Waals surface area contributed by atoms with Crippen molar-refractivity contribution in [3.8, 4) is 0 Å². The molecule has 0 fully saturated rings. The van der Waals surface area contributed by atoms with Gasteiger partial charge in [0.05, 0.1) is 0 Å². The number of rotatable bonds is 1. The van der Waals surface area contributed by atoms with E-state index in [4.69, 9.17) is 0 Å². The largest absolute Gasteiger partial charge is 0.268 e. The monoisotopic (exact) mass is 163 g/mol. The predicted molar refractivity (Wildman–Crippen MR) is 54.3 cm³/mol. The van der Waals surface area contributed by atoms with Gasteiger partial charge >= 0.3 is 0 Å². The summed E-state index contributed by atoms with van der Waals surface area (Å²) in [4.78, 5) is 4.24. The van der Waals surface area contributed by atoms with Gasteiger partial charge in [0, 0.05) is 17.8 Å². The Kier molecular flexibility index (Phi) is 2.51. The second-order valence-electron chi connectivity index (χ2n) is 4.00. The summed E-state index contributed by atoms with van der Waals surface area (Å²) in [6, 6.07) is 0. The molecule has 1 heterocycles. The van der Waals surface area contributed by atoms with Crippen LogP contribution in [0.5, 0.6) is 0 Å². The molecule has 0 N–H and O–H groups in total. The maximum absolute atomic E-state index is 4.24. The van der Waals surface area contributed by atoms with Crippen molar-refractivity contribution >= 4 is 6.21 Å². The van der Waals surface area contributed by atoms with E-state index >= 15 is 0 Å². The van der Waals surface area contributed by atoms with Crippen LogP contribution >= 0.6 is 0 Å². The van der Waals surface area contributed by atoms with Crippen molar-refractivity contribution < 1.29 is 0 Å². The van der Waals surface area contributed by atoms with Crippen LogP contribution in [-0.2, 0) is 0 Å². The quantitative estimate of drug-likeness (QED) is 0.563. The van der Waals surface area contributed by atoms with Gasteiger partial charge in [0.1, 0.15) is 0 Å². The first-order valence-electron chi connectivity index (χ1n) is 4.45. The third kappa shape index (κ3) is 1.84. The third-order valence-corrected chi connectivity index (χ3v) is 2.56. The number of nitrogens with zero attached hydrogens (tertiary/aromatic N) is 1. The van der Waals surface area contributed by atoms with E-state index < -0.39 is 0 Å². The summed E-state index contributed by atoms with van der Waals surface area (Å²) in [5, 5.41) is 0. The lowest BCUT2D eigenvalue weighted by Crippen LogP contribution is -2.22. The van der Waals surface area contributed by atoms with Crippen molar-refractivity contribution in [1.29, 1.82) is 0 Å². The molecular formula is C11H17N. The zero-order valence-corrected chi connectivity index (χ0v) is 8.33. The maximum atomic E-state index is 4.24. The molecule has 0 saturated heterocycles. The molecule has 1 unspecified atom stereocenters. The third-order valence-electron chi connectivity index (χ3n) is 2.56. The van der Waals surface area contributed by atoms with E-state index in [9.17, 15) is 0 Å². The summed E-state index contributed by atoms with van der Waals surface area (Å²) >= 11 is 0. The molecule has 66 valence electrons. The van der Waals surface area contributed by atoms with E-state index in [2.05, 4.69) is 38.8 Å². The molecule has 12 heavy (non-hydrogen) atoms. The fourth-order valence-corrected chi connectivity index (χ4v) is 1.26. The molecule has 1 rings (SSSR count). The van der Waals surface area contributed by atoms with Crippen LogP contribution in [0, 0.1) is 11.3 Å². The van der Waals surface area contributed by atoms with Crippen molar-refractivity contribution in [3.63, 3.8) is 0 Å². The molecule has 0 amide bonds. The van der Waals surface area contributed by atoms with Gasteiger partial charge in [-0.2, -0.15) is 0 Å². The van der Waals surface area contributed by atoms with Crippen molar-refractivity contribution in [2.45, 2.75) is 27.7 Å². The summed E-state index contributed by atoms with van der Waals surface area (Å²) in [5.74, 6) is 0.594. The minimum atomic E-state index is 0.119. The summed E-state index contributed by atoms with van der Waals surface area (Å²) in [7, 11) is 0. The molecule has 0 aliphatic carbocycles. The Morgan fingerprint density at radius 2 is 2.08 bits per heavy atom.